The maximum Gasteiger partial charge on any atom is 0.152 e. The smallest absolute Gasteiger partial charge is 0.152 e. The second-order valence-electron chi connectivity index (χ2n) is 3.28. The van der Waals surface area contributed by atoms with Crippen LogP contribution in [-0.4, -0.2) is 18.6 Å². The molecule has 2 nitrogen and oxygen atoms in total. The highest BCUT2D eigenvalue weighted by Crippen LogP contribution is 2.37. The highest BCUT2D eigenvalue weighted by Gasteiger charge is 2.19. The quantitative estimate of drug-likeness (QED) is 0.595. The lowest BCUT2D eigenvalue weighted by atomic mass is 10.1. The molecule has 0 spiro atoms. The Morgan fingerprint density at radius 2 is 2.25 bits per heavy atom. The summed E-state index contributed by atoms with van der Waals surface area (Å²) in [5.41, 5.74) is 0.826. The van der Waals surface area contributed by atoms with Crippen molar-refractivity contribution in [3.05, 3.63) is 23.8 Å². The van der Waals surface area contributed by atoms with Crippen LogP contribution in [-0.2, 0) is 4.79 Å². The number of benzene rings is 1. The van der Waals surface area contributed by atoms with E-state index in [1.807, 2.05) is 31.4 Å². The lowest BCUT2D eigenvalue weighted by Crippen LogP contribution is -2.04. The molecule has 0 saturated carbocycles. The fourth-order valence-electron chi connectivity index (χ4n) is 1.44. The molecule has 0 heterocycles. The number of ketones is 1. The maximum atomic E-state index is 11.3. The van der Waals surface area contributed by atoms with Gasteiger partial charge in [-0.05, 0) is 31.7 Å². The van der Waals surface area contributed by atoms with Crippen LogP contribution in [0.5, 0.6) is 5.75 Å². The molecule has 4 heteroatoms. The molecule has 1 aromatic carbocycles. The summed E-state index contributed by atoms with van der Waals surface area (Å²) in [5.74, 6) is 0.741. The topological polar surface area (TPSA) is 26.3 Å². The highest BCUT2D eigenvalue weighted by molar-refractivity contribution is 7.98. The summed E-state index contributed by atoms with van der Waals surface area (Å²) in [6.07, 6.45) is 1.95. The molecular formula is C12H15ClO2S. The Labute approximate surface area is 105 Å². The SMILES string of the molecule is CCOc1cccc(C(Cl)C(C)=O)c1SC. The molecule has 0 amide bonds. The fourth-order valence-corrected chi connectivity index (χ4v) is 2.44. The summed E-state index contributed by atoms with van der Waals surface area (Å²) in [6, 6.07) is 5.62. The molecule has 0 aliphatic rings. The first-order chi connectivity index (χ1) is 7.61. The van der Waals surface area contributed by atoms with Gasteiger partial charge in [-0.25, -0.2) is 0 Å². The van der Waals surface area contributed by atoms with Crippen LogP contribution < -0.4 is 4.74 Å². The molecule has 0 N–H and O–H groups in total. The fraction of sp³-hybridized carbons (Fsp3) is 0.417. The molecule has 1 rings (SSSR count). The van der Waals surface area contributed by atoms with Crippen molar-refractivity contribution in [1.29, 1.82) is 0 Å². The first-order valence-corrected chi connectivity index (χ1v) is 6.72. The highest BCUT2D eigenvalue weighted by atomic mass is 35.5. The van der Waals surface area contributed by atoms with Crippen molar-refractivity contribution in [3.8, 4) is 5.75 Å². The summed E-state index contributed by atoms with van der Waals surface area (Å²) < 4.78 is 5.51. The van der Waals surface area contributed by atoms with E-state index in [2.05, 4.69) is 0 Å². The Morgan fingerprint density at radius 1 is 1.56 bits per heavy atom. The molecule has 1 unspecified atom stereocenters. The number of halogens is 1. The van der Waals surface area contributed by atoms with Crippen LogP contribution >= 0.6 is 23.4 Å². The summed E-state index contributed by atoms with van der Waals surface area (Å²) in [4.78, 5) is 12.2. The van der Waals surface area contributed by atoms with Crippen LogP contribution in [0.15, 0.2) is 23.1 Å². The third-order valence-corrected chi connectivity index (χ3v) is 3.53. The number of carbonyl (C=O) groups is 1. The Balaban J connectivity index is 3.17. The molecule has 0 saturated heterocycles. The van der Waals surface area contributed by atoms with Crippen molar-refractivity contribution in [2.45, 2.75) is 24.1 Å². The molecule has 0 radical (unpaired) electrons. The Kier molecular flexibility index (Phi) is 5.16. The second kappa shape index (κ2) is 6.16. The van der Waals surface area contributed by atoms with Crippen LogP contribution in [0.25, 0.3) is 0 Å². The van der Waals surface area contributed by atoms with E-state index in [4.69, 9.17) is 16.3 Å². The van der Waals surface area contributed by atoms with Gasteiger partial charge in [0.05, 0.1) is 11.5 Å². The molecule has 1 atom stereocenters. The van der Waals surface area contributed by atoms with E-state index in [1.165, 1.54) is 6.92 Å². The van der Waals surface area contributed by atoms with Gasteiger partial charge in [0, 0.05) is 0 Å². The van der Waals surface area contributed by atoms with Gasteiger partial charge in [-0.2, -0.15) is 0 Å². The zero-order chi connectivity index (χ0) is 12.1. The standard InChI is InChI=1S/C12H15ClO2S/c1-4-15-10-7-5-6-9(12(10)16-3)11(13)8(2)14/h5-7,11H,4H2,1-3H3. The van der Waals surface area contributed by atoms with Crippen LogP contribution in [0, 0.1) is 0 Å². The minimum Gasteiger partial charge on any atom is -0.493 e. The van der Waals surface area contributed by atoms with E-state index in [0.29, 0.717) is 6.61 Å². The zero-order valence-electron chi connectivity index (χ0n) is 9.62. The number of hydrogen-bond acceptors (Lipinski definition) is 3. The maximum absolute atomic E-state index is 11.3. The van der Waals surface area contributed by atoms with Gasteiger partial charge in [-0.1, -0.05) is 12.1 Å². The third kappa shape index (κ3) is 2.92. The van der Waals surface area contributed by atoms with Crippen LogP contribution in [0.2, 0.25) is 0 Å². The van der Waals surface area contributed by atoms with Gasteiger partial charge in [0.2, 0.25) is 0 Å². The van der Waals surface area contributed by atoms with Crippen molar-refractivity contribution in [2.24, 2.45) is 0 Å². The third-order valence-electron chi connectivity index (χ3n) is 2.14. The number of ether oxygens (including phenoxy) is 1. The number of alkyl halides is 1. The van der Waals surface area contributed by atoms with E-state index in [1.54, 1.807) is 11.8 Å². The lowest BCUT2D eigenvalue weighted by Gasteiger charge is -2.15. The molecule has 0 aliphatic carbocycles. The normalized spacial score (nSPS) is 12.2. The largest absolute Gasteiger partial charge is 0.493 e. The van der Waals surface area contributed by atoms with Gasteiger partial charge >= 0.3 is 0 Å². The number of thioether (sulfide) groups is 1. The van der Waals surface area contributed by atoms with Gasteiger partial charge < -0.3 is 4.74 Å². The van der Waals surface area contributed by atoms with Crippen molar-refractivity contribution in [1.82, 2.24) is 0 Å². The summed E-state index contributed by atoms with van der Waals surface area (Å²) in [6.45, 7) is 4.03. The average molecular weight is 259 g/mol. The lowest BCUT2D eigenvalue weighted by molar-refractivity contribution is -0.116. The van der Waals surface area contributed by atoms with E-state index in [0.717, 1.165) is 16.2 Å². The van der Waals surface area contributed by atoms with E-state index in [9.17, 15) is 4.79 Å². The van der Waals surface area contributed by atoms with E-state index >= 15 is 0 Å². The van der Waals surface area contributed by atoms with Crippen molar-refractivity contribution in [2.75, 3.05) is 12.9 Å². The molecule has 0 bridgehead atoms. The molecule has 1 aromatic rings. The number of hydrogen-bond donors (Lipinski definition) is 0. The van der Waals surface area contributed by atoms with Crippen LogP contribution in [0.3, 0.4) is 0 Å². The average Bonchev–Trinajstić information content (AvgIpc) is 2.28. The molecule has 0 fully saturated rings. The van der Waals surface area contributed by atoms with Crippen LogP contribution in [0.4, 0.5) is 0 Å². The van der Waals surface area contributed by atoms with E-state index in [-0.39, 0.29) is 5.78 Å². The first kappa shape index (κ1) is 13.4. The van der Waals surface area contributed by atoms with Crippen molar-refractivity contribution >= 4 is 29.1 Å². The molecule has 16 heavy (non-hydrogen) atoms. The molecule has 88 valence electrons. The van der Waals surface area contributed by atoms with E-state index < -0.39 is 5.38 Å². The minimum absolute atomic E-state index is 0.0504. The monoisotopic (exact) mass is 258 g/mol. The predicted octanol–water partition coefficient (Wildman–Crippen LogP) is 3.68. The molecule has 0 aliphatic heterocycles. The molecule has 0 aromatic heterocycles. The summed E-state index contributed by atoms with van der Waals surface area (Å²) in [7, 11) is 0. The van der Waals surface area contributed by atoms with Crippen molar-refractivity contribution < 1.29 is 9.53 Å². The van der Waals surface area contributed by atoms with Crippen molar-refractivity contribution in [3.63, 3.8) is 0 Å². The summed E-state index contributed by atoms with van der Waals surface area (Å²) >= 11 is 7.62. The number of carbonyl (C=O) groups excluding carboxylic acids is 1. The minimum atomic E-state index is -0.595. The van der Waals surface area contributed by atoms with Gasteiger partial charge in [0.15, 0.2) is 5.78 Å². The number of Topliss-reactive ketones (excluding diaryl/α,β-unsaturated/α-hetero) is 1. The van der Waals surface area contributed by atoms with Crippen LogP contribution in [0.1, 0.15) is 24.8 Å². The Hall–Kier alpha value is -0.670. The number of rotatable bonds is 5. The first-order valence-electron chi connectivity index (χ1n) is 5.06. The molecular weight excluding hydrogens is 244 g/mol. The van der Waals surface area contributed by atoms with Gasteiger partial charge in [-0.3, -0.25) is 4.79 Å². The zero-order valence-corrected chi connectivity index (χ0v) is 11.2. The predicted molar refractivity (Wildman–Crippen MR) is 68.7 cm³/mol. The summed E-state index contributed by atoms with van der Waals surface area (Å²) in [5, 5.41) is -0.595. The van der Waals surface area contributed by atoms with Gasteiger partial charge in [0.1, 0.15) is 11.1 Å². The Bertz CT molecular complexity index is 379. The second-order valence-corrected chi connectivity index (χ2v) is 4.54. The Morgan fingerprint density at radius 3 is 2.75 bits per heavy atom. The van der Waals surface area contributed by atoms with Gasteiger partial charge in [-0.15, -0.1) is 23.4 Å². The van der Waals surface area contributed by atoms with Gasteiger partial charge in [0.25, 0.3) is 0 Å².